The second-order valence-corrected chi connectivity index (χ2v) is 3.88. The van der Waals surface area contributed by atoms with Gasteiger partial charge in [0.2, 0.25) is 5.91 Å². The van der Waals surface area contributed by atoms with Gasteiger partial charge in [-0.1, -0.05) is 0 Å². The summed E-state index contributed by atoms with van der Waals surface area (Å²) in [7, 11) is 3.58. The number of nitrogens with zero attached hydrogens (tertiary/aromatic N) is 1. The molecule has 0 aromatic rings. The van der Waals surface area contributed by atoms with Crippen molar-refractivity contribution in [2.24, 2.45) is 0 Å². The van der Waals surface area contributed by atoms with E-state index in [0.29, 0.717) is 12.5 Å². The minimum Gasteiger partial charge on any atom is -0.381 e. The topological polar surface area (TPSA) is 41.6 Å². The Morgan fingerprint density at radius 3 is 2.64 bits per heavy atom. The molecular formula is C10H20N2O2. The van der Waals surface area contributed by atoms with E-state index in [1.54, 1.807) is 19.0 Å². The van der Waals surface area contributed by atoms with Crippen molar-refractivity contribution in [2.45, 2.75) is 25.3 Å². The maximum Gasteiger partial charge on any atom is 0.223 e. The van der Waals surface area contributed by atoms with E-state index in [9.17, 15) is 4.79 Å². The molecule has 1 heterocycles. The standard InChI is InChI=1S/C10H20N2O2/c1-12(2)10(13)3-6-11-9-4-7-14-8-5-9/h9,11H,3-8H2,1-2H3. The molecule has 0 saturated carbocycles. The zero-order chi connectivity index (χ0) is 10.4. The summed E-state index contributed by atoms with van der Waals surface area (Å²) in [5.41, 5.74) is 0. The SMILES string of the molecule is CN(C)C(=O)CCNC1CCOCC1. The maximum atomic E-state index is 11.2. The lowest BCUT2D eigenvalue weighted by Crippen LogP contribution is -2.37. The summed E-state index contributed by atoms with van der Waals surface area (Å²) in [6.07, 6.45) is 2.72. The Hall–Kier alpha value is -0.610. The Bertz CT molecular complexity index is 177. The lowest BCUT2D eigenvalue weighted by molar-refractivity contribution is -0.128. The Morgan fingerprint density at radius 2 is 2.07 bits per heavy atom. The smallest absolute Gasteiger partial charge is 0.223 e. The zero-order valence-corrected chi connectivity index (χ0v) is 9.08. The molecule has 0 aromatic heterocycles. The van der Waals surface area contributed by atoms with Gasteiger partial charge in [-0.25, -0.2) is 0 Å². The van der Waals surface area contributed by atoms with E-state index in [4.69, 9.17) is 4.74 Å². The Labute approximate surface area is 85.6 Å². The van der Waals surface area contributed by atoms with Crippen molar-refractivity contribution in [1.82, 2.24) is 10.2 Å². The van der Waals surface area contributed by atoms with Gasteiger partial charge >= 0.3 is 0 Å². The van der Waals surface area contributed by atoms with Gasteiger partial charge in [0, 0.05) is 46.3 Å². The first kappa shape index (κ1) is 11.5. The second kappa shape index (κ2) is 5.98. The molecule has 1 aliphatic heterocycles. The van der Waals surface area contributed by atoms with E-state index < -0.39 is 0 Å². The molecule has 1 amide bonds. The summed E-state index contributed by atoms with van der Waals surface area (Å²) in [5.74, 6) is 0.185. The van der Waals surface area contributed by atoms with Crippen LogP contribution in [-0.2, 0) is 9.53 Å². The molecule has 82 valence electrons. The van der Waals surface area contributed by atoms with Gasteiger partial charge in [-0.3, -0.25) is 4.79 Å². The first-order valence-corrected chi connectivity index (χ1v) is 5.21. The van der Waals surface area contributed by atoms with E-state index >= 15 is 0 Å². The number of nitrogens with one attached hydrogen (secondary N) is 1. The van der Waals surface area contributed by atoms with Crippen LogP contribution >= 0.6 is 0 Å². The second-order valence-electron chi connectivity index (χ2n) is 3.88. The van der Waals surface area contributed by atoms with Gasteiger partial charge < -0.3 is 15.0 Å². The van der Waals surface area contributed by atoms with Gasteiger partial charge in [-0.05, 0) is 12.8 Å². The molecule has 1 aliphatic rings. The molecule has 4 nitrogen and oxygen atoms in total. The van der Waals surface area contributed by atoms with Crippen molar-refractivity contribution in [1.29, 1.82) is 0 Å². The number of carbonyl (C=O) groups excluding carboxylic acids is 1. The van der Waals surface area contributed by atoms with Crippen LogP contribution in [0.2, 0.25) is 0 Å². The third kappa shape index (κ3) is 4.07. The Balaban J connectivity index is 2.05. The molecule has 1 fully saturated rings. The summed E-state index contributed by atoms with van der Waals surface area (Å²) in [5, 5.41) is 3.38. The predicted molar refractivity (Wildman–Crippen MR) is 55.2 cm³/mol. The highest BCUT2D eigenvalue weighted by Gasteiger charge is 2.13. The van der Waals surface area contributed by atoms with Gasteiger partial charge in [-0.15, -0.1) is 0 Å². The monoisotopic (exact) mass is 200 g/mol. The minimum absolute atomic E-state index is 0.185. The lowest BCUT2D eigenvalue weighted by Gasteiger charge is -2.23. The summed E-state index contributed by atoms with van der Waals surface area (Å²) in [6, 6.07) is 0.540. The molecule has 1 rings (SSSR count). The number of hydrogen-bond acceptors (Lipinski definition) is 3. The van der Waals surface area contributed by atoms with Crippen molar-refractivity contribution < 1.29 is 9.53 Å². The fraction of sp³-hybridized carbons (Fsp3) is 0.900. The highest BCUT2D eigenvalue weighted by Crippen LogP contribution is 2.05. The number of ether oxygens (including phenoxy) is 1. The van der Waals surface area contributed by atoms with Crippen LogP contribution in [0.5, 0.6) is 0 Å². The van der Waals surface area contributed by atoms with Crippen molar-refractivity contribution in [3.05, 3.63) is 0 Å². The van der Waals surface area contributed by atoms with E-state index in [0.717, 1.165) is 32.6 Å². The molecule has 0 radical (unpaired) electrons. The number of amides is 1. The lowest BCUT2D eigenvalue weighted by atomic mass is 10.1. The molecular weight excluding hydrogens is 180 g/mol. The average molecular weight is 200 g/mol. The Morgan fingerprint density at radius 1 is 1.43 bits per heavy atom. The third-order valence-corrected chi connectivity index (χ3v) is 2.49. The van der Waals surface area contributed by atoms with Crippen LogP contribution < -0.4 is 5.32 Å². The molecule has 4 heteroatoms. The number of hydrogen-bond donors (Lipinski definition) is 1. The molecule has 0 spiro atoms. The van der Waals surface area contributed by atoms with Crippen LogP contribution in [-0.4, -0.2) is 50.7 Å². The largest absolute Gasteiger partial charge is 0.381 e. The van der Waals surface area contributed by atoms with E-state index in [2.05, 4.69) is 5.32 Å². The van der Waals surface area contributed by atoms with Crippen LogP contribution in [0.1, 0.15) is 19.3 Å². The van der Waals surface area contributed by atoms with Crippen molar-refractivity contribution >= 4 is 5.91 Å². The number of rotatable bonds is 4. The summed E-state index contributed by atoms with van der Waals surface area (Å²) >= 11 is 0. The summed E-state index contributed by atoms with van der Waals surface area (Å²) in [6.45, 7) is 2.47. The molecule has 14 heavy (non-hydrogen) atoms. The minimum atomic E-state index is 0.185. The predicted octanol–water partition coefficient (Wildman–Crippen LogP) is 0.233. The average Bonchev–Trinajstić information content (AvgIpc) is 2.19. The van der Waals surface area contributed by atoms with Gasteiger partial charge in [-0.2, -0.15) is 0 Å². The molecule has 0 aromatic carbocycles. The molecule has 0 unspecified atom stereocenters. The fourth-order valence-corrected chi connectivity index (χ4v) is 1.51. The van der Waals surface area contributed by atoms with Crippen molar-refractivity contribution in [2.75, 3.05) is 33.9 Å². The molecule has 1 N–H and O–H groups in total. The number of carbonyl (C=O) groups is 1. The zero-order valence-electron chi connectivity index (χ0n) is 9.08. The highest BCUT2D eigenvalue weighted by molar-refractivity contribution is 5.75. The van der Waals surface area contributed by atoms with Crippen molar-refractivity contribution in [3.63, 3.8) is 0 Å². The van der Waals surface area contributed by atoms with Crippen LogP contribution in [0, 0.1) is 0 Å². The van der Waals surface area contributed by atoms with Gasteiger partial charge in [0.1, 0.15) is 0 Å². The van der Waals surface area contributed by atoms with Crippen LogP contribution in [0.15, 0.2) is 0 Å². The van der Waals surface area contributed by atoms with Gasteiger partial charge in [0.25, 0.3) is 0 Å². The quantitative estimate of drug-likeness (QED) is 0.706. The summed E-state index contributed by atoms with van der Waals surface area (Å²) in [4.78, 5) is 12.9. The fourth-order valence-electron chi connectivity index (χ4n) is 1.51. The maximum absolute atomic E-state index is 11.2. The first-order valence-electron chi connectivity index (χ1n) is 5.21. The normalized spacial score (nSPS) is 18.1. The van der Waals surface area contributed by atoms with Crippen LogP contribution in [0.3, 0.4) is 0 Å². The molecule has 0 bridgehead atoms. The molecule has 0 aliphatic carbocycles. The van der Waals surface area contributed by atoms with Gasteiger partial charge in [0.15, 0.2) is 0 Å². The first-order chi connectivity index (χ1) is 6.70. The summed E-state index contributed by atoms with van der Waals surface area (Å²) < 4.78 is 5.25. The Kier molecular flexibility index (Phi) is 4.90. The van der Waals surface area contributed by atoms with E-state index in [1.807, 2.05) is 0 Å². The third-order valence-electron chi connectivity index (χ3n) is 2.49. The van der Waals surface area contributed by atoms with Crippen LogP contribution in [0.25, 0.3) is 0 Å². The van der Waals surface area contributed by atoms with Gasteiger partial charge in [0.05, 0.1) is 0 Å². The molecule has 0 atom stereocenters. The van der Waals surface area contributed by atoms with E-state index in [-0.39, 0.29) is 5.91 Å². The van der Waals surface area contributed by atoms with Crippen LogP contribution in [0.4, 0.5) is 0 Å². The van der Waals surface area contributed by atoms with Crippen molar-refractivity contribution in [3.8, 4) is 0 Å². The van der Waals surface area contributed by atoms with E-state index in [1.165, 1.54) is 0 Å². The highest BCUT2D eigenvalue weighted by atomic mass is 16.5. The molecule has 1 saturated heterocycles.